The number of hydrogen-bond acceptors (Lipinski definition) is 6. The third-order valence-corrected chi connectivity index (χ3v) is 4.86. The Kier molecular flexibility index (Phi) is 3.98. The minimum absolute atomic E-state index is 0.975. The number of nitrogens with one attached hydrogen (secondary N) is 1. The summed E-state index contributed by atoms with van der Waals surface area (Å²) in [6.45, 7) is 5.42. The SMILES string of the molecule is CCCNc1nc(-c2csc(N3CCCC3)n2)cs1. The molecule has 0 bridgehead atoms. The second-order valence-corrected chi connectivity index (χ2v) is 6.37. The van der Waals surface area contributed by atoms with Crippen molar-refractivity contribution < 1.29 is 0 Å². The van der Waals surface area contributed by atoms with Gasteiger partial charge in [-0.2, -0.15) is 0 Å². The molecule has 0 atom stereocenters. The Morgan fingerprint density at radius 1 is 1.16 bits per heavy atom. The molecule has 102 valence electrons. The van der Waals surface area contributed by atoms with Crippen molar-refractivity contribution >= 4 is 32.9 Å². The van der Waals surface area contributed by atoms with Gasteiger partial charge in [-0.1, -0.05) is 6.92 Å². The molecule has 0 saturated carbocycles. The molecule has 0 unspecified atom stereocenters. The Labute approximate surface area is 121 Å². The molecule has 3 rings (SSSR count). The van der Waals surface area contributed by atoms with Crippen molar-refractivity contribution in [1.29, 1.82) is 0 Å². The molecule has 0 aliphatic carbocycles. The van der Waals surface area contributed by atoms with Gasteiger partial charge in [0.25, 0.3) is 0 Å². The van der Waals surface area contributed by atoms with Gasteiger partial charge in [0.2, 0.25) is 0 Å². The van der Waals surface area contributed by atoms with Crippen LogP contribution < -0.4 is 10.2 Å². The van der Waals surface area contributed by atoms with Gasteiger partial charge < -0.3 is 10.2 Å². The first-order valence-electron chi connectivity index (χ1n) is 6.77. The second-order valence-electron chi connectivity index (χ2n) is 4.67. The highest BCUT2D eigenvalue weighted by Gasteiger charge is 2.16. The van der Waals surface area contributed by atoms with Crippen LogP contribution >= 0.6 is 22.7 Å². The minimum atomic E-state index is 0.975. The van der Waals surface area contributed by atoms with Crippen molar-refractivity contribution in [3.63, 3.8) is 0 Å². The van der Waals surface area contributed by atoms with E-state index in [1.807, 2.05) is 0 Å². The smallest absolute Gasteiger partial charge is 0.185 e. The predicted octanol–water partition coefficient (Wildman–Crippen LogP) is 3.69. The van der Waals surface area contributed by atoms with Gasteiger partial charge in [-0.25, -0.2) is 9.97 Å². The number of anilines is 2. The maximum absolute atomic E-state index is 4.72. The summed E-state index contributed by atoms with van der Waals surface area (Å²) in [6, 6.07) is 0. The molecule has 0 radical (unpaired) electrons. The lowest BCUT2D eigenvalue weighted by Crippen LogP contribution is -2.17. The van der Waals surface area contributed by atoms with Crippen LogP contribution in [0.5, 0.6) is 0 Å². The van der Waals surface area contributed by atoms with Gasteiger partial charge in [0.05, 0.1) is 0 Å². The van der Waals surface area contributed by atoms with E-state index in [1.165, 1.54) is 12.8 Å². The first kappa shape index (κ1) is 12.9. The first-order chi connectivity index (χ1) is 9.36. The topological polar surface area (TPSA) is 41.1 Å². The summed E-state index contributed by atoms with van der Waals surface area (Å²) >= 11 is 3.38. The quantitative estimate of drug-likeness (QED) is 0.913. The predicted molar refractivity (Wildman–Crippen MR) is 83.4 cm³/mol. The van der Waals surface area contributed by atoms with Crippen molar-refractivity contribution in [3.05, 3.63) is 10.8 Å². The Morgan fingerprint density at radius 3 is 2.68 bits per heavy atom. The third kappa shape index (κ3) is 2.90. The van der Waals surface area contributed by atoms with E-state index in [0.717, 1.165) is 47.7 Å². The van der Waals surface area contributed by atoms with E-state index < -0.39 is 0 Å². The lowest BCUT2D eigenvalue weighted by molar-refractivity contribution is 0.949. The molecule has 0 aromatic carbocycles. The van der Waals surface area contributed by atoms with Gasteiger partial charge in [0.15, 0.2) is 10.3 Å². The van der Waals surface area contributed by atoms with Gasteiger partial charge in [0, 0.05) is 30.4 Å². The third-order valence-electron chi connectivity index (χ3n) is 3.16. The molecule has 1 saturated heterocycles. The first-order valence-corrected chi connectivity index (χ1v) is 8.53. The van der Waals surface area contributed by atoms with Crippen LogP contribution in [0.25, 0.3) is 11.4 Å². The maximum Gasteiger partial charge on any atom is 0.185 e. The molecule has 3 heterocycles. The van der Waals surface area contributed by atoms with E-state index in [0.29, 0.717) is 0 Å². The van der Waals surface area contributed by atoms with E-state index in [2.05, 4.69) is 32.9 Å². The molecule has 2 aromatic heterocycles. The van der Waals surface area contributed by atoms with Crippen molar-refractivity contribution in [2.45, 2.75) is 26.2 Å². The van der Waals surface area contributed by atoms with Crippen LogP contribution in [0.4, 0.5) is 10.3 Å². The van der Waals surface area contributed by atoms with E-state index in [-0.39, 0.29) is 0 Å². The summed E-state index contributed by atoms with van der Waals surface area (Å²) in [4.78, 5) is 11.7. The molecule has 1 fully saturated rings. The zero-order valence-electron chi connectivity index (χ0n) is 11.1. The van der Waals surface area contributed by atoms with Gasteiger partial charge in [0.1, 0.15) is 11.4 Å². The van der Waals surface area contributed by atoms with Gasteiger partial charge >= 0.3 is 0 Å². The van der Waals surface area contributed by atoms with Crippen LogP contribution in [0.3, 0.4) is 0 Å². The molecule has 1 N–H and O–H groups in total. The van der Waals surface area contributed by atoms with E-state index in [4.69, 9.17) is 4.98 Å². The molecule has 1 aliphatic rings. The summed E-state index contributed by atoms with van der Waals surface area (Å²) in [5, 5.41) is 9.66. The van der Waals surface area contributed by atoms with Crippen LogP contribution in [0, 0.1) is 0 Å². The fraction of sp³-hybridized carbons (Fsp3) is 0.538. The molecule has 19 heavy (non-hydrogen) atoms. The van der Waals surface area contributed by atoms with Crippen LogP contribution in [0.15, 0.2) is 10.8 Å². The van der Waals surface area contributed by atoms with Crippen LogP contribution in [0.2, 0.25) is 0 Å². The van der Waals surface area contributed by atoms with Crippen LogP contribution in [-0.4, -0.2) is 29.6 Å². The molecule has 2 aromatic rings. The summed E-state index contributed by atoms with van der Waals surface area (Å²) in [6.07, 6.45) is 3.69. The largest absolute Gasteiger partial charge is 0.362 e. The summed E-state index contributed by atoms with van der Waals surface area (Å²) < 4.78 is 0. The maximum atomic E-state index is 4.72. The number of nitrogens with zero attached hydrogens (tertiary/aromatic N) is 3. The second kappa shape index (κ2) is 5.88. The number of rotatable bonds is 5. The molecule has 6 heteroatoms. The van der Waals surface area contributed by atoms with Crippen molar-refractivity contribution in [1.82, 2.24) is 9.97 Å². The highest BCUT2D eigenvalue weighted by atomic mass is 32.1. The Hall–Kier alpha value is -1.14. The molecular formula is C13H18N4S2. The van der Waals surface area contributed by atoms with Gasteiger partial charge in [-0.3, -0.25) is 0 Å². The Balaban J connectivity index is 1.72. The normalized spacial score (nSPS) is 15.1. The zero-order chi connectivity index (χ0) is 13.1. The number of aromatic nitrogens is 2. The number of thiazole rings is 2. The van der Waals surface area contributed by atoms with Crippen molar-refractivity contribution in [2.75, 3.05) is 29.9 Å². The number of hydrogen-bond donors (Lipinski definition) is 1. The average Bonchev–Trinajstić information content (AvgIpc) is 3.14. The van der Waals surface area contributed by atoms with Gasteiger partial charge in [-0.05, 0) is 19.3 Å². The Morgan fingerprint density at radius 2 is 1.89 bits per heavy atom. The zero-order valence-corrected chi connectivity index (χ0v) is 12.7. The molecule has 0 spiro atoms. The fourth-order valence-electron chi connectivity index (χ4n) is 2.14. The minimum Gasteiger partial charge on any atom is -0.362 e. The van der Waals surface area contributed by atoms with E-state index in [1.54, 1.807) is 22.7 Å². The molecule has 0 amide bonds. The van der Waals surface area contributed by atoms with Crippen LogP contribution in [-0.2, 0) is 0 Å². The van der Waals surface area contributed by atoms with Crippen molar-refractivity contribution in [2.24, 2.45) is 0 Å². The van der Waals surface area contributed by atoms with E-state index in [9.17, 15) is 0 Å². The Bertz CT molecular complexity index is 528. The van der Waals surface area contributed by atoms with Crippen LogP contribution in [0.1, 0.15) is 26.2 Å². The molecule has 4 nitrogen and oxygen atoms in total. The molecular weight excluding hydrogens is 276 g/mol. The van der Waals surface area contributed by atoms with E-state index >= 15 is 0 Å². The lowest BCUT2D eigenvalue weighted by Gasteiger charge is -2.11. The molecule has 1 aliphatic heterocycles. The van der Waals surface area contributed by atoms with Crippen molar-refractivity contribution in [3.8, 4) is 11.4 Å². The summed E-state index contributed by atoms with van der Waals surface area (Å²) in [5.41, 5.74) is 2.00. The van der Waals surface area contributed by atoms with Gasteiger partial charge in [-0.15, -0.1) is 22.7 Å². The fourth-order valence-corrected chi connectivity index (χ4v) is 3.75. The highest BCUT2D eigenvalue weighted by Crippen LogP contribution is 2.31. The highest BCUT2D eigenvalue weighted by molar-refractivity contribution is 7.14. The lowest BCUT2D eigenvalue weighted by atomic mass is 10.4. The summed E-state index contributed by atoms with van der Waals surface area (Å²) in [7, 11) is 0. The average molecular weight is 294 g/mol. The standard InChI is InChI=1S/C13H18N4S2/c1-2-5-14-12-15-10(8-18-12)11-9-19-13(16-11)17-6-3-4-7-17/h8-9H,2-7H2,1H3,(H,14,15). The monoisotopic (exact) mass is 294 g/mol. The summed E-state index contributed by atoms with van der Waals surface area (Å²) in [5.74, 6) is 0.